The van der Waals surface area contributed by atoms with Gasteiger partial charge in [0.15, 0.2) is 0 Å². The minimum atomic E-state index is 0.973. The second kappa shape index (κ2) is 4.41. The summed E-state index contributed by atoms with van der Waals surface area (Å²) < 4.78 is 1.06. The predicted molar refractivity (Wildman–Crippen MR) is 57.3 cm³/mol. The Morgan fingerprint density at radius 3 is 2.83 bits per heavy atom. The number of hydrogen-bond donors (Lipinski definition) is 0. The van der Waals surface area contributed by atoms with Gasteiger partial charge in [0, 0.05) is 10.7 Å². The summed E-state index contributed by atoms with van der Waals surface area (Å²) in [5.41, 5.74) is 2.24. The van der Waals surface area contributed by atoms with Crippen LogP contribution in [-0.2, 0) is 0 Å². The lowest BCUT2D eigenvalue weighted by atomic mass is 10.2. The molecular formula is C10H12BrN. The van der Waals surface area contributed by atoms with Crippen molar-refractivity contribution in [3.05, 3.63) is 28.2 Å². The number of aryl methyl sites for hydroxylation is 1. The van der Waals surface area contributed by atoms with Gasteiger partial charge in [-0.1, -0.05) is 19.1 Å². The van der Waals surface area contributed by atoms with Gasteiger partial charge < -0.3 is 0 Å². The van der Waals surface area contributed by atoms with E-state index in [9.17, 15) is 0 Å². The van der Waals surface area contributed by atoms with Crippen LogP contribution in [0.5, 0.6) is 0 Å². The van der Waals surface area contributed by atoms with Crippen molar-refractivity contribution < 1.29 is 0 Å². The minimum Gasteiger partial charge on any atom is -0.260 e. The van der Waals surface area contributed by atoms with Crippen molar-refractivity contribution in [1.82, 2.24) is 0 Å². The van der Waals surface area contributed by atoms with Gasteiger partial charge in [0.2, 0.25) is 0 Å². The van der Waals surface area contributed by atoms with E-state index in [4.69, 9.17) is 0 Å². The van der Waals surface area contributed by atoms with Crippen molar-refractivity contribution in [2.75, 3.05) is 0 Å². The lowest BCUT2D eigenvalue weighted by Crippen LogP contribution is -1.76. The number of halogens is 1. The van der Waals surface area contributed by atoms with Crippen LogP contribution in [0.3, 0.4) is 0 Å². The largest absolute Gasteiger partial charge is 0.260 e. The number of nitrogens with zero attached hydrogens (tertiary/aromatic N) is 1. The van der Waals surface area contributed by atoms with E-state index in [0.717, 1.165) is 16.6 Å². The number of rotatable bonds is 2. The summed E-state index contributed by atoms with van der Waals surface area (Å²) in [4.78, 5) is 4.35. The molecule has 1 rings (SSSR count). The van der Waals surface area contributed by atoms with Crippen molar-refractivity contribution in [3.8, 4) is 0 Å². The average molecular weight is 226 g/mol. The van der Waals surface area contributed by atoms with Crippen molar-refractivity contribution in [2.24, 2.45) is 4.99 Å². The molecule has 2 heteroatoms. The first-order chi connectivity index (χ1) is 5.75. The zero-order valence-electron chi connectivity index (χ0n) is 7.34. The molecule has 0 heterocycles. The predicted octanol–water partition coefficient (Wildman–Crippen LogP) is 3.87. The van der Waals surface area contributed by atoms with Crippen LogP contribution in [-0.4, -0.2) is 6.21 Å². The summed E-state index contributed by atoms with van der Waals surface area (Å²) in [5, 5.41) is 0. The molecule has 0 atom stereocenters. The molecule has 1 aromatic rings. The summed E-state index contributed by atoms with van der Waals surface area (Å²) in [6, 6.07) is 6.09. The van der Waals surface area contributed by atoms with Crippen molar-refractivity contribution >= 4 is 27.8 Å². The van der Waals surface area contributed by atoms with Crippen molar-refractivity contribution in [3.63, 3.8) is 0 Å². The molecule has 0 aromatic heterocycles. The average Bonchev–Trinajstić information content (AvgIpc) is 2.04. The normalized spacial score (nSPS) is 10.9. The Morgan fingerprint density at radius 1 is 1.50 bits per heavy atom. The first-order valence-electron chi connectivity index (χ1n) is 4.03. The second-order valence-corrected chi connectivity index (χ2v) is 3.48. The molecule has 1 nitrogen and oxygen atoms in total. The molecule has 0 radical (unpaired) electrons. The Bertz CT molecular complexity index is 272. The topological polar surface area (TPSA) is 12.4 Å². The van der Waals surface area contributed by atoms with Crippen molar-refractivity contribution in [2.45, 2.75) is 20.3 Å². The summed E-state index contributed by atoms with van der Waals surface area (Å²) in [6.45, 7) is 4.14. The third kappa shape index (κ3) is 2.18. The Balaban J connectivity index is 3.04. The van der Waals surface area contributed by atoms with Crippen LogP contribution in [0, 0.1) is 6.92 Å². The van der Waals surface area contributed by atoms with E-state index in [2.05, 4.69) is 40.8 Å². The van der Waals surface area contributed by atoms with Crippen molar-refractivity contribution in [1.29, 1.82) is 0 Å². The van der Waals surface area contributed by atoms with E-state index in [1.807, 2.05) is 18.3 Å². The summed E-state index contributed by atoms with van der Waals surface area (Å²) >= 11 is 3.46. The van der Waals surface area contributed by atoms with Gasteiger partial charge in [-0.2, -0.15) is 0 Å². The molecule has 0 aliphatic rings. The van der Waals surface area contributed by atoms with Gasteiger partial charge in [-0.3, -0.25) is 4.99 Å². The maximum absolute atomic E-state index is 4.35. The zero-order valence-corrected chi connectivity index (χ0v) is 8.93. The van der Waals surface area contributed by atoms with E-state index in [0.29, 0.717) is 0 Å². The molecule has 1 aromatic carbocycles. The third-order valence-electron chi connectivity index (χ3n) is 1.59. The molecule has 0 aliphatic carbocycles. The van der Waals surface area contributed by atoms with E-state index < -0.39 is 0 Å². The molecule has 0 aliphatic heterocycles. The first-order valence-corrected chi connectivity index (χ1v) is 4.82. The quantitative estimate of drug-likeness (QED) is 0.678. The number of aliphatic imine (C=N–C) groups is 1. The fourth-order valence-corrected chi connectivity index (χ4v) is 1.54. The molecule has 0 fully saturated rings. The lowest BCUT2D eigenvalue weighted by molar-refractivity contribution is 1.30. The van der Waals surface area contributed by atoms with E-state index in [1.165, 1.54) is 5.56 Å². The highest BCUT2D eigenvalue weighted by atomic mass is 79.9. The van der Waals surface area contributed by atoms with Crippen LogP contribution in [0.4, 0.5) is 5.69 Å². The van der Waals surface area contributed by atoms with E-state index >= 15 is 0 Å². The molecule has 12 heavy (non-hydrogen) atoms. The Kier molecular flexibility index (Phi) is 3.48. The van der Waals surface area contributed by atoms with E-state index in [-0.39, 0.29) is 0 Å². The molecule has 0 N–H and O–H groups in total. The Labute approximate surface area is 81.7 Å². The SMILES string of the molecule is CC/C=N\c1c(C)cccc1Br. The molecule has 0 amide bonds. The fourth-order valence-electron chi connectivity index (χ4n) is 0.969. The molecule has 0 unspecified atom stereocenters. The first kappa shape index (κ1) is 9.46. The standard InChI is InChI=1S/C10H12BrN/c1-3-7-12-10-8(2)5-4-6-9(10)11/h4-7H,3H2,1-2H3/b12-7-. The summed E-state index contributed by atoms with van der Waals surface area (Å²) in [7, 11) is 0. The fraction of sp³-hybridized carbons (Fsp3) is 0.300. The van der Waals surface area contributed by atoms with Gasteiger partial charge in [0.05, 0.1) is 5.69 Å². The van der Waals surface area contributed by atoms with Crippen LogP contribution in [0.25, 0.3) is 0 Å². The van der Waals surface area contributed by atoms with Crippen LogP contribution in [0.15, 0.2) is 27.7 Å². The van der Waals surface area contributed by atoms with Crippen LogP contribution < -0.4 is 0 Å². The Morgan fingerprint density at radius 2 is 2.25 bits per heavy atom. The number of para-hydroxylation sites is 1. The molecular weight excluding hydrogens is 214 g/mol. The highest BCUT2D eigenvalue weighted by Crippen LogP contribution is 2.28. The molecule has 0 saturated carbocycles. The van der Waals surface area contributed by atoms with Crippen LogP contribution >= 0.6 is 15.9 Å². The lowest BCUT2D eigenvalue weighted by Gasteiger charge is -2.01. The van der Waals surface area contributed by atoms with Gasteiger partial charge in [0.25, 0.3) is 0 Å². The maximum Gasteiger partial charge on any atom is 0.0796 e. The van der Waals surface area contributed by atoms with Gasteiger partial charge in [-0.25, -0.2) is 0 Å². The second-order valence-electron chi connectivity index (χ2n) is 2.63. The van der Waals surface area contributed by atoms with Gasteiger partial charge in [-0.05, 0) is 40.9 Å². The van der Waals surface area contributed by atoms with Gasteiger partial charge >= 0.3 is 0 Å². The highest BCUT2D eigenvalue weighted by Gasteiger charge is 1.98. The molecule has 0 spiro atoms. The van der Waals surface area contributed by atoms with Gasteiger partial charge in [-0.15, -0.1) is 0 Å². The maximum atomic E-state index is 4.35. The summed E-state index contributed by atoms with van der Waals surface area (Å²) in [6.07, 6.45) is 2.90. The minimum absolute atomic E-state index is 0.973. The van der Waals surface area contributed by atoms with Crippen LogP contribution in [0.2, 0.25) is 0 Å². The molecule has 0 bridgehead atoms. The smallest absolute Gasteiger partial charge is 0.0796 e. The Hall–Kier alpha value is -0.630. The number of benzene rings is 1. The zero-order chi connectivity index (χ0) is 8.97. The number of hydrogen-bond acceptors (Lipinski definition) is 1. The summed E-state index contributed by atoms with van der Waals surface area (Å²) in [5.74, 6) is 0. The monoisotopic (exact) mass is 225 g/mol. The van der Waals surface area contributed by atoms with Gasteiger partial charge in [0.1, 0.15) is 0 Å². The molecule has 0 saturated heterocycles. The highest BCUT2D eigenvalue weighted by molar-refractivity contribution is 9.10. The molecule has 64 valence electrons. The van der Waals surface area contributed by atoms with Crippen LogP contribution in [0.1, 0.15) is 18.9 Å². The third-order valence-corrected chi connectivity index (χ3v) is 2.23. The van der Waals surface area contributed by atoms with E-state index in [1.54, 1.807) is 0 Å².